The first kappa shape index (κ1) is 10.4. The molecular weight excluding hydrogens is 232 g/mol. The lowest BCUT2D eigenvalue weighted by atomic mass is 10.1. The van der Waals surface area contributed by atoms with E-state index in [1.54, 1.807) is 6.20 Å². The first-order chi connectivity index (χ1) is 8.34. The van der Waals surface area contributed by atoms with Crippen molar-refractivity contribution in [3.63, 3.8) is 0 Å². The quantitative estimate of drug-likeness (QED) is 0.743. The monoisotopic (exact) mass is 242 g/mol. The van der Waals surface area contributed by atoms with E-state index in [1.165, 1.54) is 10.8 Å². The van der Waals surface area contributed by atoms with Crippen molar-refractivity contribution in [2.24, 2.45) is 4.99 Å². The first-order valence-corrected chi connectivity index (χ1v) is 5.86. The molecule has 0 saturated heterocycles. The average molecular weight is 243 g/mol. The molecule has 2 aromatic rings. The molecule has 17 heavy (non-hydrogen) atoms. The van der Waals surface area contributed by atoms with E-state index in [-0.39, 0.29) is 0 Å². The van der Waals surface area contributed by atoms with Crippen LogP contribution in [-0.4, -0.2) is 11.7 Å². The fourth-order valence-electron chi connectivity index (χ4n) is 2.05. The second-order valence-electron chi connectivity index (χ2n) is 3.93. The van der Waals surface area contributed by atoms with Gasteiger partial charge in [-0.05, 0) is 11.5 Å². The minimum atomic E-state index is 0.612. The van der Waals surface area contributed by atoms with Crippen LogP contribution in [0.5, 0.6) is 0 Å². The molecule has 2 aromatic carbocycles. The van der Waals surface area contributed by atoms with E-state index in [9.17, 15) is 0 Å². The summed E-state index contributed by atoms with van der Waals surface area (Å²) in [6.07, 6.45) is 3.68. The summed E-state index contributed by atoms with van der Waals surface area (Å²) >= 11 is 5.97. The van der Waals surface area contributed by atoms with Crippen molar-refractivity contribution >= 4 is 33.2 Å². The standard InChI is InChI=1S/C14H11ClN2/c15-14-10-17(9-8-16-14)13-7-3-5-11-4-1-2-6-12(11)13/h1-9H,10H2. The third kappa shape index (κ3) is 1.92. The smallest absolute Gasteiger partial charge is 0.125 e. The zero-order valence-corrected chi connectivity index (χ0v) is 9.93. The van der Waals surface area contributed by atoms with Crippen LogP contribution in [0.4, 0.5) is 5.69 Å². The van der Waals surface area contributed by atoms with E-state index in [1.807, 2.05) is 12.3 Å². The molecule has 0 bridgehead atoms. The van der Waals surface area contributed by atoms with Gasteiger partial charge >= 0.3 is 0 Å². The number of hydrogen-bond acceptors (Lipinski definition) is 2. The summed E-state index contributed by atoms with van der Waals surface area (Å²) in [6.45, 7) is 0.631. The molecule has 0 radical (unpaired) electrons. The van der Waals surface area contributed by atoms with Gasteiger partial charge in [0, 0.05) is 23.5 Å². The molecule has 1 aliphatic heterocycles. The summed E-state index contributed by atoms with van der Waals surface area (Å²) < 4.78 is 0. The van der Waals surface area contributed by atoms with Crippen LogP contribution >= 0.6 is 11.6 Å². The zero-order valence-electron chi connectivity index (χ0n) is 9.18. The molecule has 84 valence electrons. The van der Waals surface area contributed by atoms with Crippen LogP contribution in [0.3, 0.4) is 0 Å². The van der Waals surface area contributed by atoms with Crippen LogP contribution in [0.15, 0.2) is 59.9 Å². The molecule has 0 saturated carbocycles. The fourth-order valence-corrected chi connectivity index (χ4v) is 2.24. The minimum Gasteiger partial charge on any atom is -0.339 e. The Kier molecular flexibility index (Phi) is 2.57. The highest BCUT2D eigenvalue weighted by Gasteiger charge is 2.11. The molecule has 0 fully saturated rings. The molecule has 3 heteroatoms. The van der Waals surface area contributed by atoms with Crippen LogP contribution in [0.25, 0.3) is 10.8 Å². The van der Waals surface area contributed by atoms with Crippen molar-refractivity contribution in [2.75, 3.05) is 11.4 Å². The highest BCUT2D eigenvalue weighted by Crippen LogP contribution is 2.27. The molecule has 0 unspecified atom stereocenters. The molecule has 0 N–H and O–H groups in total. The van der Waals surface area contributed by atoms with Crippen LogP contribution < -0.4 is 4.90 Å². The van der Waals surface area contributed by atoms with E-state index in [2.05, 4.69) is 46.3 Å². The lowest BCUT2D eigenvalue weighted by Gasteiger charge is -2.23. The Bertz CT molecular complexity index is 611. The largest absolute Gasteiger partial charge is 0.339 e. The van der Waals surface area contributed by atoms with E-state index >= 15 is 0 Å². The van der Waals surface area contributed by atoms with Crippen molar-refractivity contribution in [1.29, 1.82) is 0 Å². The van der Waals surface area contributed by atoms with Gasteiger partial charge in [-0.1, -0.05) is 48.0 Å². The summed E-state index contributed by atoms with van der Waals surface area (Å²) in [5, 5.41) is 3.07. The van der Waals surface area contributed by atoms with Gasteiger partial charge in [0.05, 0.1) is 6.54 Å². The maximum absolute atomic E-state index is 5.97. The highest BCUT2D eigenvalue weighted by atomic mass is 35.5. The Labute approximate surface area is 105 Å². The summed E-state index contributed by atoms with van der Waals surface area (Å²) in [5.41, 5.74) is 1.16. The number of halogens is 1. The minimum absolute atomic E-state index is 0.612. The number of benzene rings is 2. The van der Waals surface area contributed by atoms with Gasteiger partial charge in [0.1, 0.15) is 5.17 Å². The average Bonchev–Trinajstić information content (AvgIpc) is 2.38. The van der Waals surface area contributed by atoms with Gasteiger partial charge in [0.2, 0.25) is 0 Å². The summed E-state index contributed by atoms with van der Waals surface area (Å²) in [7, 11) is 0. The Morgan fingerprint density at radius 3 is 2.76 bits per heavy atom. The number of fused-ring (bicyclic) bond motifs is 1. The molecular formula is C14H11ClN2. The topological polar surface area (TPSA) is 15.6 Å². The van der Waals surface area contributed by atoms with E-state index in [4.69, 9.17) is 11.6 Å². The maximum Gasteiger partial charge on any atom is 0.125 e. The molecule has 0 amide bonds. The van der Waals surface area contributed by atoms with Gasteiger partial charge in [-0.15, -0.1) is 0 Å². The van der Waals surface area contributed by atoms with Crippen molar-refractivity contribution in [3.05, 3.63) is 54.9 Å². The number of hydrogen-bond donors (Lipinski definition) is 0. The summed E-state index contributed by atoms with van der Waals surface area (Å²) in [5.74, 6) is 0. The predicted octanol–water partition coefficient (Wildman–Crippen LogP) is 3.77. The van der Waals surface area contributed by atoms with E-state index in [0.717, 1.165) is 5.69 Å². The molecule has 1 aliphatic rings. The molecule has 3 rings (SSSR count). The molecule has 1 heterocycles. The molecule has 0 atom stereocenters. The number of aliphatic imine (C=N–C) groups is 1. The van der Waals surface area contributed by atoms with Crippen molar-refractivity contribution in [1.82, 2.24) is 0 Å². The number of nitrogens with zero attached hydrogens (tertiary/aromatic N) is 2. The van der Waals surface area contributed by atoms with Crippen molar-refractivity contribution < 1.29 is 0 Å². The van der Waals surface area contributed by atoms with Gasteiger partial charge in [0.25, 0.3) is 0 Å². The molecule has 0 aromatic heterocycles. The van der Waals surface area contributed by atoms with Gasteiger partial charge in [-0.3, -0.25) is 0 Å². The third-order valence-corrected chi connectivity index (χ3v) is 3.06. The lowest BCUT2D eigenvalue weighted by Crippen LogP contribution is -2.24. The summed E-state index contributed by atoms with van der Waals surface area (Å²) in [6, 6.07) is 14.6. The Balaban J connectivity index is 2.12. The second-order valence-corrected chi connectivity index (χ2v) is 4.37. The molecule has 2 nitrogen and oxygen atoms in total. The third-order valence-electron chi connectivity index (χ3n) is 2.84. The van der Waals surface area contributed by atoms with Gasteiger partial charge in [-0.25, -0.2) is 4.99 Å². The normalized spacial score (nSPS) is 15.1. The van der Waals surface area contributed by atoms with Crippen LogP contribution in [0.1, 0.15) is 0 Å². The molecule has 0 aliphatic carbocycles. The Morgan fingerprint density at radius 1 is 1.06 bits per heavy atom. The summed E-state index contributed by atoms with van der Waals surface area (Å²) in [4.78, 5) is 6.15. The van der Waals surface area contributed by atoms with Crippen LogP contribution in [0, 0.1) is 0 Å². The fraction of sp³-hybridized carbons (Fsp3) is 0.0714. The Morgan fingerprint density at radius 2 is 1.88 bits per heavy atom. The van der Waals surface area contributed by atoms with E-state index < -0.39 is 0 Å². The maximum atomic E-state index is 5.97. The number of anilines is 1. The zero-order chi connectivity index (χ0) is 11.7. The predicted molar refractivity (Wildman–Crippen MR) is 73.7 cm³/mol. The van der Waals surface area contributed by atoms with Gasteiger partial charge in [0.15, 0.2) is 0 Å². The Hall–Kier alpha value is -1.80. The van der Waals surface area contributed by atoms with Crippen LogP contribution in [-0.2, 0) is 0 Å². The van der Waals surface area contributed by atoms with E-state index in [0.29, 0.717) is 11.7 Å². The molecule has 0 spiro atoms. The van der Waals surface area contributed by atoms with Crippen molar-refractivity contribution in [2.45, 2.75) is 0 Å². The first-order valence-electron chi connectivity index (χ1n) is 5.48. The second kappa shape index (κ2) is 4.22. The number of rotatable bonds is 1. The van der Waals surface area contributed by atoms with Crippen molar-refractivity contribution in [3.8, 4) is 0 Å². The van der Waals surface area contributed by atoms with Crippen LogP contribution in [0.2, 0.25) is 0 Å². The van der Waals surface area contributed by atoms with Gasteiger partial charge < -0.3 is 4.90 Å². The highest BCUT2D eigenvalue weighted by molar-refractivity contribution is 6.66. The lowest BCUT2D eigenvalue weighted by molar-refractivity contribution is 1.11. The SMILES string of the molecule is ClC1=NC=CN(c2cccc3ccccc23)C1. The van der Waals surface area contributed by atoms with Gasteiger partial charge in [-0.2, -0.15) is 0 Å².